The van der Waals surface area contributed by atoms with E-state index in [1.54, 1.807) is 7.05 Å². The van der Waals surface area contributed by atoms with Gasteiger partial charge in [0.2, 0.25) is 11.9 Å². The summed E-state index contributed by atoms with van der Waals surface area (Å²) in [5.74, 6) is 0.404. The Morgan fingerprint density at radius 2 is 1.89 bits per heavy atom. The largest absolute Gasteiger partial charge is 0.368 e. The summed E-state index contributed by atoms with van der Waals surface area (Å²) in [6.07, 6.45) is 5.93. The number of amides is 1. The Morgan fingerprint density at radius 3 is 2.56 bits per heavy atom. The van der Waals surface area contributed by atoms with Gasteiger partial charge in [-0.3, -0.25) is 14.2 Å². The van der Waals surface area contributed by atoms with Gasteiger partial charge >= 0.3 is 5.69 Å². The van der Waals surface area contributed by atoms with E-state index < -0.39 is 23.7 Å². The lowest BCUT2D eigenvalue weighted by Crippen LogP contribution is -2.46. The Hall–Kier alpha value is -2.58. The van der Waals surface area contributed by atoms with E-state index in [0.717, 1.165) is 29.9 Å². The predicted octanol–water partition coefficient (Wildman–Crippen LogP) is 0.171. The molecule has 9 nitrogen and oxygen atoms in total. The van der Waals surface area contributed by atoms with Crippen molar-refractivity contribution in [1.82, 2.24) is 18.7 Å². The van der Waals surface area contributed by atoms with Crippen LogP contribution in [0.15, 0.2) is 9.59 Å². The molecule has 9 heteroatoms. The highest BCUT2D eigenvalue weighted by Crippen LogP contribution is 2.32. The molecule has 146 valence electrons. The molecule has 0 aromatic carbocycles. The van der Waals surface area contributed by atoms with Crippen molar-refractivity contribution in [3.8, 4) is 0 Å². The number of fused-ring (bicyclic) bond motifs is 3. The van der Waals surface area contributed by atoms with Gasteiger partial charge in [0.25, 0.3) is 5.56 Å². The van der Waals surface area contributed by atoms with Crippen LogP contribution in [0.4, 0.5) is 5.95 Å². The number of aromatic nitrogens is 4. The lowest BCUT2D eigenvalue weighted by Gasteiger charge is -2.40. The highest BCUT2D eigenvalue weighted by Gasteiger charge is 2.33. The summed E-state index contributed by atoms with van der Waals surface area (Å²) in [6.45, 7) is 3.30. The molecule has 1 atom stereocenters. The van der Waals surface area contributed by atoms with Crippen molar-refractivity contribution in [2.24, 2.45) is 18.7 Å². The predicted molar refractivity (Wildman–Crippen MR) is 102 cm³/mol. The Morgan fingerprint density at radius 1 is 1.19 bits per heavy atom. The van der Waals surface area contributed by atoms with E-state index in [4.69, 9.17) is 10.7 Å². The van der Waals surface area contributed by atoms with Crippen LogP contribution in [0.1, 0.15) is 39.0 Å². The Labute approximate surface area is 156 Å². The van der Waals surface area contributed by atoms with Gasteiger partial charge in [-0.1, -0.05) is 26.2 Å². The number of nitrogens with zero attached hydrogens (tertiary/aromatic N) is 5. The van der Waals surface area contributed by atoms with Crippen LogP contribution in [0.2, 0.25) is 0 Å². The first-order chi connectivity index (χ1) is 12.9. The van der Waals surface area contributed by atoms with Crippen molar-refractivity contribution in [3.63, 3.8) is 0 Å². The van der Waals surface area contributed by atoms with Crippen LogP contribution < -0.4 is 21.9 Å². The van der Waals surface area contributed by atoms with Gasteiger partial charge in [-0.2, -0.15) is 4.98 Å². The van der Waals surface area contributed by atoms with Gasteiger partial charge in [-0.25, -0.2) is 9.36 Å². The second-order valence-electron chi connectivity index (χ2n) is 7.94. The Kier molecular flexibility index (Phi) is 4.32. The fraction of sp³-hybridized carbons (Fsp3) is 0.667. The van der Waals surface area contributed by atoms with Crippen LogP contribution in [0, 0.1) is 5.92 Å². The van der Waals surface area contributed by atoms with Gasteiger partial charge < -0.3 is 15.2 Å². The third kappa shape index (κ3) is 2.85. The SMILES string of the molecule is C[C@H]1CN(C2CCCCC2)c2nc3c(c(=O)n(CC(N)=O)c(=O)n3C)n2C1. The topological polar surface area (TPSA) is 108 Å². The van der Waals surface area contributed by atoms with Gasteiger partial charge in [-0.15, -0.1) is 0 Å². The maximum absolute atomic E-state index is 13.0. The van der Waals surface area contributed by atoms with Crippen LogP contribution in [-0.2, 0) is 24.9 Å². The third-order valence-corrected chi connectivity index (χ3v) is 5.80. The van der Waals surface area contributed by atoms with Crippen LogP contribution in [0.3, 0.4) is 0 Å². The zero-order valence-electron chi connectivity index (χ0n) is 15.8. The third-order valence-electron chi connectivity index (χ3n) is 5.80. The van der Waals surface area contributed by atoms with Crippen molar-refractivity contribution < 1.29 is 4.79 Å². The maximum atomic E-state index is 13.0. The molecule has 4 rings (SSSR count). The average Bonchev–Trinajstić information content (AvgIpc) is 3.03. The van der Waals surface area contributed by atoms with E-state index in [2.05, 4.69) is 11.8 Å². The molecule has 1 amide bonds. The number of carbonyl (C=O) groups excluding carboxylic acids is 1. The average molecular weight is 374 g/mol. The van der Waals surface area contributed by atoms with Crippen LogP contribution in [0.5, 0.6) is 0 Å². The number of anilines is 1. The van der Waals surface area contributed by atoms with Gasteiger partial charge in [0.05, 0.1) is 0 Å². The highest BCUT2D eigenvalue weighted by molar-refractivity contribution is 5.77. The quantitative estimate of drug-likeness (QED) is 0.824. The number of nitrogens with two attached hydrogens (primary N) is 1. The molecule has 1 aliphatic carbocycles. The molecule has 1 fully saturated rings. The Balaban J connectivity index is 1.94. The summed E-state index contributed by atoms with van der Waals surface area (Å²) in [6, 6.07) is 0.418. The first-order valence-electron chi connectivity index (χ1n) is 9.63. The lowest BCUT2D eigenvalue weighted by atomic mass is 9.93. The van der Waals surface area contributed by atoms with Crippen LogP contribution in [0.25, 0.3) is 11.2 Å². The van der Waals surface area contributed by atoms with E-state index in [1.165, 1.54) is 23.8 Å². The summed E-state index contributed by atoms with van der Waals surface area (Å²) < 4.78 is 4.18. The number of hydrogen-bond acceptors (Lipinski definition) is 5. The zero-order valence-corrected chi connectivity index (χ0v) is 15.8. The molecule has 0 spiro atoms. The zero-order chi connectivity index (χ0) is 19.3. The molecule has 1 saturated carbocycles. The Bertz CT molecular complexity index is 1010. The van der Waals surface area contributed by atoms with Gasteiger partial charge in [-0.05, 0) is 18.8 Å². The molecule has 1 aliphatic heterocycles. The molecule has 2 aromatic rings. The van der Waals surface area contributed by atoms with Crippen molar-refractivity contribution in [3.05, 3.63) is 20.8 Å². The van der Waals surface area contributed by atoms with Crippen LogP contribution in [-0.4, -0.2) is 37.2 Å². The molecule has 0 bridgehead atoms. The number of aryl methyl sites for hydroxylation is 1. The first-order valence-corrected chi connectivity index (χ1v) is 9.63. The van der Waals surface area contributed by atoms with E-state index in [1.807, 2.05) is 4.57 Å². The minimum atomic E-state index is -0.718. The molecule has 27 heavy (non-hydrogen) atoms. The number of carbonyl (C=O) groups is 1. The lowest BCUT2D eigenvalue weighted by molar-refractivity contribution is -0.118. The highest BCUT2D eigenvalue weighted by atomic mass is 16.2. The fourth-order valence-electron chi connectivity index (χ4n) is 4.54. The molecule has 2 N–H and O–H groups in total. The summed E-state index contributed by atoms with van der Waals surface area (Å²) in [7, 11) is 1.58. The summed E-state index contributed by atoms with van der Waals surface area (Å²) in [5, 5.41) is 0. The standard InChI is InChI=1S/C18H26N6O3/c1-11-8-22(12-6-4-3-5-7-12)17-20-15-14(23(17)9-11)16(26)24(10-13(19)25)18(27)21(15)2/h11-12H,3-10H2,1-2H3,(H2,19,25)/t11-/m0/s1. The molecular formula is C18H26N6O3. The van der Waals surface area contributed by atoms with Crippen molar-refractivity contribution in [2.75, 3.05) is 11.4 Å². The minimum absolute atomic E-state index is 0.359. The number of imidazole rings is 1. The molecule has 2 aliphatic rings. The number of primary amides is 1. The van der Waals surface area contributed by atoms with Crippen molar-refractivity contribution in [1.29, 1.82) is 0 Å². The number of rotatable bonds is 3. The summed E-state index contributed by atoms with van der Waals surface area (Å²) in [5.41, 5.74) is 4.91. The molecule has 0 unspecified atom stereocenters. The van der Waals surface area contributed by atoms with Crippen LogP contribution >= 0.6 is 0 Å². The van der Waals surface area contributed by atoms with E-state index in [-0.39, 0.29) is 0 Å². The maximum Gasteiger partial charge on any atom is 0.332 e. The minimum Gasteiger partial charge on any atom is -0.368 e. The van der Waals surface area contributed by atoms with Gasteiger partial charge in [0, 0.05) is 26.2 Å². The van der Waals surface area contributed by atoms with Gasteiger partial charge in [0.1, 0.15) is 6.54 Å². The number of hydrogen-bond donors (Lipinski definition) is 1. The van der Waals surface area contributed by atoms with E-state index in [0.29, 0.717) is 29.7 Å². The second-order valence-corrected chi connectivity index (χ2v) is 7.94. The fourth-order valence-corrected chi connectivity index (χ4v) is 4.54. The van der Waals surface area contributed by atoms with Crippen molar-refractivity contribution in [2.45, 2.75) is 58.2 Å². The molecular weight excluding hydrogens is 348 g/mol. The molecule has 2 aromatic heterocycles. The monoisotopic (exact) mass is 374 g/mol. The van der Waals surface area contributed by atoms with E-state index >= 15 is 0 Å². The molecule has 3 heterocycles. The normalized spacial score (nSPS) is 20.8. The summed E-state index contributed by atoms with van der Waals surface area (Å²) in [4.78, 5) is 43.9. The smallest absolute Gasteiger partial charge is 0.332 e. The second kappa shape index (κ2) is 6.54. The summed E-state index contributed by atoms with van der Waals surface area (Å²) >= 11 is 0. The van der Waals surface area contributed by atoms with E-state index in [9.17, 15) is 14.4 Å². The molecule has 0 radical (unpaired) electrons. The van der Waals surface area contributed by atoms with Gasteiger partial charge in [0.15, 0.2) is 11.2 Å². The van der Waals surface area contributed by atoms with Crippen molar-refractivity contribution >= 4 is 23.0 Å². The molecule has 0 saturated heterocycles. The first kappa shape index (κ1) is 17.8.